The molecule has 0 saturated carbocycles. The van der Waals surface area contributed by atoms with Gasteiger partial charge in [-0.15, -0.1) is 0 Å². The molecular weight excluding hydrogens is 230 g/mol. The van der Waals surface area contributed by atoms with Crippen molar-refractivity contribution in [3.05, 3.63) is 55.4 Å². The summed E-state index contributed by atoms with van der Waals surface area (Å²) in [6, 6.07) is 5.39. The first kappa shape index (κ1) is 10.5. The largest absolute Gasteiger partial charge is 0.306 e. The van der Waals surface area contributed by atoms with Crippen molar-refractivity contribution >= 4 is 6.21 Å². The van der Waals surface area contributed by atoms with Crippen LogP contribution in [0.3, 0.4) is 0 Å². The second kappa shape index (κ2) is 3.95. The van der Waals surface area contributed by atoms with E-state index >= 15 is 0 Å². The Bertz CT molecular complexity index is 522. The number of nitrogens with one attached hydrogen (secondary N) is 1. The van der Waals surface area contributed by atoms with Crippen LogP contribution in [-0.4, -0.2) is 35.6 Å². The highest BCUT2D eigenvalue weighted by molar-refractivity contribution is 5.64. The molecule has 7 heteroatoms. The molecular formula is C11H11N7. The van der Waals surface area contributed by atoms with Gasteiger partial charge >= 0.3 is 0 Å². The Kier molecular flexibility index (Phi) is 2.30. The van der Waals surface area contributed by atoms with Gasteiger partial charge in [0.15, 0.2) is 0 Å². The molecule has 1 N–H and O–H groups in total. The lowest BCUT2D eigenvalue weighted by Gasteiger charge is -2.30. The highest BCUT2D eigenvalue weighted by atomic mass is 15.6. The van der Waals surface area contributed by atoms with Crippen LogP contribution in [0, 0.1) is 5.41 Å². The molecule has 0 fully saturated rings. The average Bonchev–Trinajstić information content (AvgIpc) is 3.16. The van der Waals surface area contributed by atoms with Crippen LogP contribution < -0.4 is 0 Å². The lowest BCUT2D eigenvalue weighted by atomic mass is 10.3. The van der Waals surface area contributed by atoms with E-state index < -0.39 is 5.79 Å². The fraction of sp³-hybridized carbons (Fsp3) is 0.0909. The first-order chi connectivity index (χ1) is 8.88. The molecule has 0 aromatic carbocycles. The Hall–Kier alpha value is -2.70. The summed E-state index contributed by atoms with van der Waals surface area (Å²) in [5.74, 6) is -1.03. The smallest absolute Gasteiger partial charge is 0.286 e. The predicted octanol–water partition coefficient (Wildman–Crippen LogP) is 0.633. The van der Waals surface area contributed by atoms with Crippen LogP contribution in [0.1, 0.15) is 0 Å². The number of aromatic nitrogens is 6. The fourth-order valence-electron chi connectivity index (χ4n) is 1.90. The van der Waals surface area contributed by atoms with Gasteiger partial charge < -0.3 is 5.41 Å². The monoisotopic (exact) mass is 241 g/mol. The van der Waals surface area contributed by atoms with Crippen molar-refractivity contribution in [3.63, 3.8) is 0 Å². The summed E-state index contributed by atoms with van der Waals surface area (Å²) in [5, 5.41) is 20.5. The Morgan fingerprint density at radius 3 is 1.39 bits per heavy atom. The Balaban J connectivity index is 2.29. The van der Waals surface area contributed by atoms with Crippen molar-refractivity contribution in [3.8, 4) is 0 Å². The minimum Gasteiger partial charge on any atom is -0.306 e. The summed E-state index contributed by atoms with van der Waals surface area (Å²) in [5.41, 5.74) is 0. The Morgan fingerprint density at radius 2 is 1.17 bits per heavy atom. The van der Waals surface area contributed by atoms with E-state index in [-0.39, 0.29) is 0 Å². The SMILES string of the molecule is N=CC(n1cccn1)(n1cccn1)n1cccn1. The average molecular weight is 241 g/mol. The quantitative estimate of drug-likeness (QED) is 0.681. The molecule has 0 aliphatic carbocycles. The second-order valence-electron chi connectivity index (χ2n) is 3.68. The zero-order valence-corrected chi connectivity index (χ0v) is 9.46. The molecule has 3 aromatic rings. The zero-order chi connectivity index (χ0) is 12.4. The molecule has 0 saturated heterocycles. The molecule has 90 valence electrons. The predicted molar refractivity (Wildman–Crippen MR) is 64.2 cm³/mol. The van der Waals surface area contributed by atoms with E-state index in [2.05, 4.69) is 15.3 Å². The first-order valence-corrected chi connectivity index (χ1v) is 5.40. The molecule has 0 atom stereocenters. The van der Waals surface area contributed by atoms with Crippen molar-refractivity contribution in [2.75, 3.05) is 0 Å². The van der Waals surface area contributed by atoms with Crippen molar-refractivity contribution in [1.29, 1.82) is 5.41 Å². The molecule has 7 nitrogen and oxygen atoms in total. The van der Waals surface area contributed by atoms with Gasteiger partial charge in [0.2, 0.25) is 0 Å². The van der Waals surface area contributed by atoms with E-state index in [1.807, 2.05) is 0 Å². The lowest BCUT2D eigenvalue weighted by molar-refractivity contribution is 0.211. The van der Waals surface area contributed by atoms with E-state index in [0.29, 0.717) is 0 Å². The van der Waals surface area contributed by atoms with Crippen LogP contribution in [0.25, 0.3) is 0 Å². The molecule has 0 aliphatic heterocycles. The molecule has 3 heterocycles. The van der Waals surface area contributed by atoms with E-state index in [4.69, 9.17) is 5.41 Å². The molecule has 3 aromatic heterocycles. The van der Waals surface area contributed by atoms with Crippen LogP contribution >= 0.6 is 0 Å². The maximum Gasteiger partial charge on any atom is 0.286 e. The summed E-state index contributed by atoms with van der Waals surface area (Å²) in [4.78, 5) is 0. The van der Waals surface area contributed by atoms with Crippen LogP contribution in [0.4, 0.5) is 0 Å². The highest BCUT2D eigenvalue weighted by Crippen LogP contribution is 2.17. The molecule has 0 amide bonds. The molecule has 0 unspecified atom stereocenters. The van der Waals surface area contributed by atoms with Crippen molar-refractivity contribution < 1.29 is 0 Å². The van der Waals surface area contributed by atoms with Crippen molar-refractivity contribution in [2.45, 2.75) is 5.79 Å². The third-order valence-corrected chi connectivity index (χ3v) is 2.72. The first-order valence-electron chi connectivity index (χ1n) is 5.40. The van der Waals surface area contributed by atoms with Crippen molar-refractivity contribution in [2.24, 2.45) is 0 Å². The van der Waals surface area contributed by atoms with Crippen LogP contribution in [0.15, 0.2) is 55.4 Å². The number of hydrogen-bond acceptors (Lipinski definition) is 4. The molecule has 0 radical (unpaired) electrons. The minimum absolute atomic E-state index is 1.03. The maximum atomic E-state index is 7.83. The van der Waals surface area contributed by atoms with Gasteiger partial charge in [0, 0.05) is 37.2 Å². The second-order valence-corrected chi connectivity index (χ2v) is 3.68. The molecule has 0 bridgehead atoms. The molecule has 18 heavy (non-hydrogen) atoms. The van der Waals surface area contributed by atoms with Gasteiger partial charge in [-0.05, 0) is 18.2 Å². The minimum atomic E-state index is -1.03. The normalized spacial score (nSPS) is 11.6. The summed E-state index contributed by atoms with van der Waals surface area (Å²) < 4.78 is 4.88. The van der Waals surface area contributed by atoms with Crippen molar-refractivity contribution in [1.82, 2.24) is 29.3 Å². The standard InChI is InChI=1S/C11H11N7/c12-10-11(16-7-1-4-13-16,17-8-2-5-14-17)18-9-3-6-15-18/h1-10,12H. The summed E-state index contributed by atoms with van der Waals surface area (Å²) >= 11 is 0. The lowest BCUT2D eigenvalue weighted by Crippen LogP contribution is -2.50. The zero-order valence-electron chi connectivity index (χ0n) is 9.46. The fourth-order valence-corrected chi connectivity index (χ4v) is 1.90. The summed E-state index contributed by atoms with van der Waals surface area (Å²) in [7, 11) is 0. The number of hydrogen-bond donors (Lipinski definition) is 1. The maximum absolute atomic E-state index is 7.83. The molecule has 3 rings (SSSR count). The van der Waals surface area contributed by atoms with Crippen LogP contribution in [0.5, 0.6) is 0 Å². The Morgan fingerprint density at radius 1 is 0.778 bits per heavy atom. The topological polar surface area (TPSA) is 77.3 Å². The number of nitrogens with zero attached hydrogens (tertiary/aromatic N) is 6. The highest BCUT2D eigenvalue weighted by Gasteiger charge is 2.36. The summed E-state index contributed by atoms with van der Waals surface area (Å²) in [6.45, 7) is 0. The van der Waals surface area contributed by atoms with Gasteiger partial charge in [0.05, 0.1) is 6.21 Å². The van der Waals surface area contributed by atoms with E-state index in [1.165, 1.54) is 6.21 Å². The van der Waals surface area contributed by atoms with E-state index in [1.54, 1.807) is 69.4 Å². The van der Waals surface area contributed by atoms with Gasteiger partial charge in [-0.25, -0.2) is 14.0 Å². The third kappa shape index (κ3) is 1.30. The molecule has 0 spiro atoms. The Labute approximate surface area is 103 Å². The van der Waals surface area contributed by atoms with Crippen LogP contribution in [-0.2, 0) is 5.79 Å². The van der Waals surface area contributed by atoms with Gasteiger partial charge in [-0.1, -0.05) is 0 Å². The van der Waals surface area contributed by atoms with Gasteiger partial charge in [0.1, 0.15) is 0 Å². The summed E-state index contributed by atoms with van der Waals surface area (Å²) in [6.07, 6.45) is 11.5. The molecule has 0 aliphatic rings. The van der Waals surface area contributed by atoms with Gasteiger partial charge in [0.25, 0.3) is 5.79 Å². The van der Waals surface area contributed by atoms with E-state index in [9.17, 15) is 0 Å². The van der Waals surface area contributed by atoms with Crippen LogP contribution in [0.2, 0.25) is 0 Å². The van der Waals surface area contributed by atoms with Gasteiger partial charge in [-0.3, -0.25) is 0 Å². The number of rotatable bonds is 4. The van der Waals surface area contributed by atoms with Gasteiger partial charge in [-0.2, -0.15) is 15.3 Å². The van der Waals surface area contributed by atoms with E-state index in [0.717, 1.165) is 0 Å². The third-order valence-electron chi connectivity index (χ3n) is 2.72.